The van der Waals surface area contributed by atoms with Crippen molar-refractivity contribution in [1.29, 1.82) is 0 Å². The molecule has 1 aromatic carbocycles. The molecule has 2 aliphatic heterocycles. The van der Waals surface area contributed by atoms with E-state index < -0.39 is 10.0 Å². The summed E-state index contributed by atoms with van der Waals surface area (Å²) in [4.78, 5) is 26.4. The van der Waals surface area contributed by atoms with Crippen molar-refractivity contribution in [3.05, 3.63) is 18.2 Å². The number of hydrogen-bond acceptors (Lipinski definition) is 6. The minimum atomic E-state index is -3.70. The lowest BCUT2D eigenvalue weighted by Gasteiger charge is -2.34. The Bertz CT molecular complexity index is 972. The average Bonchev–Trinajstić information content (AvgIpc) is 3.09. The van der Waals surface area contributed by atoms with Gasteiger partial charge in [0, 0.05) is 57.7 Å². The van der Waals surface area contributed by atoms with Gasteiger partial charge in [0.2, 0.25) is 15.9 Å². The maximum absolute atomic E-state index is 13.1. The molecule has 1 saturated heterocycles. The van der Waals surface area contributed by atoms with Gasteiger partial charge in [-0.1, -0.05) is 19.3 Å². The third-order valence-corrected chi connectivity index (χ3v) is 8.41. The highest BCUT2D eigenvalue weighted by Gasteiger charge is 2.31. The zero-order valence-electron chi connectivity index (χ0n) is 19.5. The molecular formula is C23H34N4O6S. The number of carbonyl (C=O) groups is 2. The number of hydrogen-bond donors (Lipinski definition) is 2. The summed E-state index contributed by atoms with van der Waals surface area (Å²) < 4.78 is 38.8. The Morgan fingerprint density at radius 3 is 2.38 bits per heavy atom. The molecule has 2 heterocycles. The molecule has 188 valence electrons. The van der Waals surface area contributed by atoms with Crippen molar-refractivity contribution >= 4 is 22.0 Å². The maximum atomic E-state index is 13.1. The molecule has 2 fully saturated rings. The second kappa shape index (κ2) is 11.3. The van der Waals surface area contributed by atoms with Crippen LogP contribution in [-0.2, 0) is 14.8 Å². The molecule has 10 nitrogen and oxygen atoms in total. The van der Waals surface area contributed by atoms with Crippen LogP contribution in [0.2, 0.25) is 0 Å². The Morgan fingerprint density at radius 2 is 1.65 bits per heavy atom. The molecule has 11 heteroatoms. The Labute approximate surface area is 201 Å². The average molecular weight is 495 g/mol. The van der Waals surface area contributed by atoms with Crippen LogP contribution in [0.1, 0.15) is 44.9 Å². The van der Waals surface area contributed by atoms with Crippen LogP contribution in [0.25, 0.3) is 0 Å². The van der Waals surface area contributed by atoms with E-state index in [0.29, 0.717) is 37.8 Å². The van der Waals surface area contributed by atoms with Gasteiger partial charge in [-0.15, -0.1) is 0 Å². The van der Waals surface area contributed by atoms with Crippen LogP contribution >= 0.6 is 0 Å². The lowest BCUT2D eigenvalue weighted by molar-refractivity contribution is -0.132. The monoisotopic (exact) mass is 494 g/mol. The van der Waals surface area contributed by atoms with E-state index in [0.717, 1.165) is 32.1 Å². The summed E-state index contributed by atoms with van der Waals surface area (Å²) in [6, 6.07) is 4.66. The molecule has 2 N–H and O–H groups in total. The molecule has 0 unspecified atom stereocenters. The Balaban J connectivity index is 1.23. The molecule has 1 aliphatic carbocycles. The fourth-order valence-corrected chi connectivity index (χ4v) is 5.99. The molecule has 0 radical (unpaired) electrons. The van der Waals surface area contributed by atoms with Crippen LogP contribution in [0.15, 0.2) is 23.1 Å². The van der Waals surface area contributed by atoms with Gasteiger partial charge in [-0.05, 0) is 25.0 Å². The number of carbonyl (C=O) groups excluding carboxylic acids is 2. The zero-order valence-corrected chi connectivity index (χ0v) is 20.3. The van der Waals surface area contributed by atoms with E-state index in [1.807, 2.05) is 0 Å². The van der Waals surface area contributed by atoms with Crippen LogP contribution in [0.3, 0.4) is 0 Å². The van der Waals surface area contributed by atoms with Crippen LogP contribution in [0, 0.1) is 0 Å². The first kappa shape index (κ1) is 24.6. The number of piperazine rings is 1. The van der Waals surface area contributed by atoms with Crippen molar-refractivity contribution < 1.29 is 27.5 Å². The van der Waals surface area contributed by atoms with Gasteiger partial charge >= 0.3 is 6.03 Å². The van der Waals surface area contributed by atoms with Crippen molar-refractivity contribution in [2.75, 3.05) is 45.9 Å². The number of urea groups is 1. The van der Waals surface area contributed by atoms with Crippen LogP contribution in [0.5, 0.6) is 11.5 Å². The van der Waals surface area contributed by atoms with Crippen LogP contribution in [-0.4, -0.2) is 81.5 Å². The van der Waals surface area contributed by atoms with E-state index in [9.17, 15) is 18.0 Å². The molecule has 0 aromatic heterocycles. The molecule has 0 atom stereocenters. The normalized spacial score (nSPS) is 19.8. The SMILES string of the molecule is O=C(NCCC(=O)N1CCN(S(=O)(=O)c2ccc3c(c2)OCCCO3)CC1)NC1CCCCC1. The van der Waals surface area contributed by atoms with Gasteiger partial charge in [-0.2, -0.15) is 4.31 Å². The molecule has 1 aromatic rings. The largest absolute Gasteiger partial charge is 0.490 e. The van der Waals surface area contributed by atoms with Crippen LogP contribution < -0.4 is 20.1 Å². The smallest absolute Gasteiger partial charge is 0.315 e. The first-order chi connectivity index (χ1) is 16.4. The number of amides is 3. The number of fused-ring (bicyclic) bond motifs is 1. The standard InChI is InChI=1S/C23H34N4O6S/c28-22(9-10-24-23(29)25-18-5-2-1-3-6-18)26-11-13-27(14-12-26)34(30,31)19-7-8-20-21(17-19)33-16-4-15-32-20/h7-8,17-18H,1-6,9-16H2,(H2,24,25,29). The molecule has 3 amide bonds. The zero-order chi connectivity index (χ0) is 24.0. The number of nitrogens with zero attached hydrogens (tertiary/aromatic N) is 2. The number of rotatable bonds is 6. The van der Waals surface area contributed by atoms with E-state index >= 15 is 0 Å². The van der Waals surface area contributed by atoms with Crippen molar-refractivity contribution in [2.45, 2.75) is 55.9 Å². The summed E-state index contributed by atoms with van der Waals surface area (Å²) in [5.74, 6) is 0.894. The maximum Gasteiger partial charge on any atom is 0.315 e. The topological polar surface area (TPSA) is 117 Å². The summed E-state index contributed by atoms with van der Waals surface area (Å²) >= 11 is 0. The number of ether oxygens (including phenoxy) is 2. The van der Waals surface area contributed by atoms with E-state index in [1.165, 1.54) is 22.9 Å². The lowest BCUT2D eigenvalue weighted by Crippen LogP contribution is -2.51. The molecule has 0 bridgehead atoms. The predicted octanol–water partition coefficient (Wildman–Crippen LogP) is 1.70. The van der Waals surface area contributed by atoms with Gasteiger partial charge in [0.15, 0.2) is 11.5 Å². The fourth-order valence-electron chi connectivity index (χ4n) is 4.56. The van der Waals surface area contributed by atoms with E-state index in [2.05, 4.69) is 10.6 Å². The van der Waals surface area contributed by atoms with Crippen molar-refractivity contribution in [1.82, 2.24) is 19.8 Å². The van der Waals surface area contributed by atoms with Gasteiger partial charge in [0.05, 0.1) is 18.1 Å². The molecule has 3 aliphatic rings. The molecular weight excluding hydrogens is 460 g/mol. The van der Waals surface area contributed by atoms with Gasteiger partial charge < -0.3 is 25.0 Å². The lowest BCUT2D eigenvalue weighted by atomic mass is 9.96. The fraction of sp³-hybridized carbons (Fsp3) is 0.652. The second-order valence-electron chi connectivity index (χ2n) is 8.93. The first-order valence-electron chi connectivity index (χ1n) is 12.2. The number of nitrogens with one attached hydrogen (secondary N) is 2. The molecule has 4 rings (SSSR count). The first-order valence-corrected chi connectivity index (χ1v) is 13.6. The Hall–Kier alpha value is -2.53. The summed E-state index contributed by atoms with van der Waals surface area (Å²) in [6.45, 7) is 2.35. The highest BCUT2D eigenvalue weighted by atomic mass is 32.2. The summed E-state index contributed by atoms with van der Waals surface area (Å²) in [6.07, 6.45) is 6.44. The minimum absolute atomic E-state index is 0.0920. The molecule has 1 saturated carbocycles. The van der Waals surface area contributed by atoms with Gasteiger partial charge in [0.1, 0.15) is 0 Å². The Morgan fingerprint density at radius 1 is 0.941 bits per heavy atom. The number of benzene rings is 1. The summed E-state index contributed by atoms with van der Waals surface area (Å²) in [5.41, 5.74) is 0. The predicted molar refractivity (Wildman–Crippen MR) is 125 cm³/mol. The number of sulfonamides is 1. The van der Waals surface area contributed by atoms with Crippen LogP contribution in [0.4, 0.5) is 4.79 Å². The van der Waals surface area contributed by atoms with Gasteiger partial charge in [0.25, 0.3) is 0 Å². The summed E-state index contributed by atoms with van der Waals surface area (Å²) in [7, 11) is -3.70. The van der Waals surface area contributed by atoms with E-state index in [4.69, 9.17) is 9.47 Å². The summed E-state index contributed by atoms with van der Waals surface area (Å²) in [5, 5.41) is 5.73. The highest BCUT2D eigenvalue weighted by Crippen LogP contribution is 2.33. The van der Waals surface area contributed by atoms with Crippen molar-refractivity contribution in [3.8, 4) is 11.5 Å². The Kier molecular flexibility index (Phi) is 8.15. The van der Waals surface area contributed by atoms with Crippen molar-refractivity contribution in [3.63, 3.8) is 0 Å². The van der Waals surface area contributed by atoms with Gasteiger partial charge in [-0.3, -0.25) is 4.79 Å². The van der Waals surface area contributed by atoms with E-state index in [-0.39, 0.29) is 48.9 Å². The third kappa shape index (κ3) is 6.12. The highest BCUT2D eigenvalue weighted by molar-refractivity contribution is 7.89. The molecule has 34 heavy (non-hydrogen) atoms. The van der Waals surface area contributed by atoms with Gasteiger partial charge in [-0.25, -0.2) is 13.2 Å². The molecule has 0 spiro atoms. The van der Waals surface area contributed by atoms with E-state index in [1.54, 1.807) is 11.0 Å². The minimum Gasteiger partial charge on any atom is -0.490 e. The quantitative estimate of drug-likeness (QED) is 0.622. The third-order valence-electron chi connectivity index (χ3n) is 6.51. The second-order valence-corrected chi connectivity index (χ2v) is 10.9. The van der Waals surface area contributed by atoms with Crippen molar-refractivity contribution in [2.24, 2.45) is 0 Å².